The lowest BCUT2D eigenvalue weighted by molar-refractivity contribution is -0.383. The van der Waals surface area contributed by atoms with Crippen molar-refractivity contribution in [3.63, 3.8) is 0 Å². The zero-order valence-corrected chi connectivity index (χ0v) is 11.3. The minimum absolute atomic E-state index is 0.0741. The van der Waals surface area contributed by atoms with E-state index in [-0.39, 0.29) is 5.69 Å². The predicted molar refractivity (Wildman–Crippen MR) is 73.3 cm³/mol. The Morgan fingerprint density at radius 1 is 1.53 bits per heavy atom. The third-order valence-corrected chi connectivity index (χ3v) is 3.39. The van der Waals surface area contributed by atoms with Crippen LogP contribution in [0.25, 0.3) is 0 Å². The van der Waals surface area contributed by atoms with E-state index in [2.05, 4.69) is 20.5 Å². The van der Waals surface area contributed by atoms with Crippen LogP contribution in [0.15, 0.2) is 23.4 Å². The predicted octanol–water partition coefficient (Wildman–Crippen LogP) is 2.36. The lowest BCUT2D eigenvalue weighted by atomic mass is 10.2. The molecule has 2 N–H and O–H groups in total. The number of nitrogens with one attached hydrogen (secondary N) is 2. The maximum Gasteiger partial charge on any atom is 0.292 e. The highest BCUT2D eigenvalue weighted by molar-refractivity contribution is 7.98. The van der Waals surface area contributed by atoms with Crippen LogP contribution in [0.5, 0.6) is 0 Å². The molecule has 2 rings (SSSR count). The van der Waals surface area contributed by atoms with Crippen LogP contribution in [0.1, 0.15) is 11.4 Å². The fraction of sp³-hybridized carbons (Fsp3) is 0.273. The minimum atomic E-state index is -0.401. The molecule has 0 spiro atoms. The largest absolute Gasteiger partial charge is 0.383 e. The molecule has 1 aromatic heterocycles. The summed E-state index contributed by atoms with van der Waals surface area (Å²) in [7, 11) is 1.66. The van der Waals surface area contributed by atoms with E-state index < -0.39 is 4.92 Å². The Balaban J connectivity index is 2.11. The summed E-state index contributed by atoms with van der Waals surface area (Å²) in [6.45, 7) is 1.84. The van der Waals surface area contributed by atoms with E-state index >= 15 is 0 Å². The van der Waals surface area contributed by atoms with Gasteiger partial charge in [0, 0.05) is 18.9 Å². The fourth-order valence-electron chi connectivity index (χ4n) is 1.57. The number of hydrogen-bond donors (Lipinski definition) is 2. The van der Waals surface area contributed by atoms with E-state index in [0.29, 0.717) is 16.6 Å². The number of aromatic nitrogens is 3. The van der Waals surface area contributed by atoms with E-state index in [4.69, 9.17) is 0 Å². The first-order chi connectivity index (χ1) is 9.10. The molecule has 0 aliphatic rings. The van der Waals surface area contributed by atoms with Gasteiger partial charge in [-0.05, 0) is 18.6 Å². The zero-order chi connectivity index (χ0) is 13.8. The Hall–Kier alpha value is -2.09. The van der Waals surface area contributed by atoms with Crippen molar-refractivity contribution in [3.05, 3.63) is 39.7 Å². The van der Waals surface area contributed by atoms with Gasteiger partial charge in [0.15, 0.2) is 0 Å². The molecule has 0 atom stereocenters. The number of aryl methyl sites for hydroxylation is 1. The summed E-state index contributed by atoms with van der Waals surface area (Å²) < 4.78 is 0. The lowest BCUT2D eigenvalue weighted by Gasteiger charge is -2.04. The molecule has 0 radical (unpaired) electrons. The third kappa shape index (κ3) is 3.22. The molecule has 0 unspecified atom stereocenters. The fourth-order valence-corrected chi connectivity index (χ4v) is 2.35. The topological polar surface area (TPSA) is 96.7 Å². The highest BCUT2D eigenvalue weighted by Crippen LogP contribution is 2.27. The number of nitrogens with zero attached hydrogens (tertiary/aromatic N) is 3. The molecule has 0 saturated heterocycles. The van der Waals surface area contributed by atoms with Gasteiger partial charge >= 0.3 is 0 Å². The number of anilines is 1. The van der Waals surface area contributed by atoms with Crippen LogP contribution in [-0.2, 0) is 5.75 Å². The molecule has 0 aliphatic carbocycles. The molecule has 0 fully saturated rings. The summed E-state index contributed by atoms with van der Waals surface area (Å²) in [6, 6.07) is 5.01. The number of thioether (sulfide) groups is 1. The molecule has 2 aromatic rings. The second-order valence-corrected chi connectivity index (χ2v) is 4.79. The maximum absolute atomic E-state index is 10.8. The molecule has 100 valence electrons. The molecule has 7 nitrogen and oxygen atoms in total. The van der Waals surface area contributed by atoms with Crippen LogP contribution in [0.3, 0.4) is 0 Å². The number of nitro groups is 1. The van der Waals surface area contributed by atoms with Crippen molar-refractivity contribution < 1.29 is 4.92 Å². The highest BCUT2D eigenvalue weighted by atomic mass is 32.2. The maximum atomic E-state index is 10.8. The van der Waals surface area contributed by atoms with Crippen molar-refractivity contribution in [2.24, 2.45) is 0 Å². The molecule has 8 heteroatoms. The van der Waals surface area contributed by atoms with Gasteiger partial charge in [0.05, 0.1) is 4.92 Å². The normalized spacial score (nSPS) is 10.4. The van der Waals surface area contributed by atoms with Gasteiger partial charge in [0.1, 0.15) is 11.5 Å². The molecule has 0 amide bonds. The minimum Gasteiger partial charge on any atom is -0.383 e. The van der Waals surface area contributed by atoms with Gasteiger partial charge in [-0.25, -0.2) is 4.98 Å². The SMILES string of the molecule is CNc1cc(CSc2n[nH]c(C)n2)ccc1[N+](=O)[O-]. The number of nitro benzene ring substituents is 1. The standard InChI is InChI=1S/C11H13N5O2S/c1-7-13-11(15-14-7)19-6-8-3-4-10(16(17)18)9(5-8)12-2/h3-5,12H,6H2,1-2H3,(H,13,14,15). The summed E-state index contributed by atoms with van der Waals surface area (Å²) in [6.07, 6.45) is 0. The lowest BCUT2D eigenvalue weighted by Crippen LogP contribution is -1.97. The van der Waals surface area contributed by atoms with Crippen LogP contribution < -0.4 is 5.32 Å². The number of aromatic amines is 1. The molecule has 0 saturated carbocycles. The number of hydrogen-bond acceptors (Lipinski definition) is 6. The van der Waals surface area contributed by atoms with E-state index in [1.165, 1.54) is 17.8 Å². The van der Waals surface area contributed by atoms with Gasteiger partial charge in [-0.1, -0.05) is 17.8 Å². The van der Waals surface area contributed by atoms with Gasteiger partial charge in [-0.2, -0.15) is 0 Å². The Morgan fingerprint density at radius 2 is 2.32 bits per heavy atom. The van der Waals surface area contributed by atoms with E-state index in [1.54, 1.807) is 19.2 Å². The average molecular weight is 279 g/mol. The second kappa shape index (κ2) is 5.70. The van der Waals surface area contributed by atoms with Crippen LogP contribution in [0, 0.1) is 17.0 Å². The Labute approximate surface area is 114 Å². The Morgan fingerprint density at radius 3 is 2.89 bits per heavy atom. The molecule has 1 aromatic carbocycles. The van der Waals surface area contributed by atoms with Crippen LogP contribution >= 0.6 is 11.8 Å². The second-order valence-electron chi connectivity index (χ2n) is 3.85. The monoisotopic (exact) mass is 279 g/mol. The van der Waals surface area contributed by atoms with E-state index in [0.717, 1.165) is 11.4 Å². The quantitative estimate of drug-likeness (QED) is 0.495. The zero-order valence-electron chi connectivity index (χ0n) is 10.5. The number of rotatable bonds is 5. The van der Waals surface area contributed by atoms with Crippen molar-refractivity contribution in [2.45, 2.75) is 17.8 Å². The molecular weight excluding hydrogens is 266 g/mol. The highest BCUT2D eigenvalue weighted by Gasteiger charge is 2.13. The molecule has 19 heavy (non-hydrogen) atoms. The van der Waals surface area contributed by atoms with Gasteiger partial charge < -0.3 is 5.32 Å². The van der Waals surface area contributed by atoms with Gasteiger partial charge in [-0.3, -0.25) is 15.2 Å². The first-order valence-electron chi connectivity index (χ1n) is 5.57. The summed E-state index contributed by atoms with van der Waals surface area (Å²) in [4.78, 5) is 14.6. The third-order valence-electron chi connectivity index (χ3n) is 2.47. The first kappa shape index (κ1) is 13.3. The molecule has 0 bridgehead atoms. The summed E-state index contributed by atoms with van der Waals surface area (Å²) in [5.41, 5.74) is 1.56. The molecular formula is C11H13N5O2S. The molecule has 1 heterocycles. The van der Waals surface area contributed by atoms with Crippen molar-refractivity contribution in [1.82, 2.24) is 15.2 Å². The van der Waals surface area contributed by atoms with E-state index in [9.17, 15) is 10.1 Å². The number of benzene rings is 1. The van der Waals surface area contributed by atoms with Crippen molar-refractivity contribution in [2.75, 3.05) is 12.4 Å². The Bertz CT molecular complexity index is 599. The van der Waals surface area contributed by atoms with Crippen molar-refractivity contribution in [1.29, 1.82) is 0 Å². The molecule has 0 aliphatic heterocycles. The van der Waals surface area contributed by atoms with E-state index in [1.807, 2.05) is 6.92 Å². The van der Waals surface area contributed by atoms with Crippen LogP contribution in [0.2, 0.25) is 0 Å². The first-order valence-corrected chi connectivity index (χ1v) is 6.55. The summed E-state index contributed by atoms with van der Waals surface area (Å²) in [5, 5.41) is 21.1. The Kier molecular flexibility index (Phi) is 4.00. The summed E-state index contributed by atoms with van der Waals surface area (Å²) in [5.74, 6) is 1.42. The van der Waals surface area contributed by atoms with Gasteiger partial charge in [0.2, 0.25) is 5.16 Å². The van der Waals surface area contributed by atoms with Crippen LogP contribution in [-0.4, -0.2) is 27.2 Å². The number of H-pyrrole nitrogens is 1. The summed E-state index contributed by atoms with van der Waals surface area (Å²) >= 11 is 1.48. The van der Waals surface area contributed by atoms with Crippen molar-refractivity contribution >= 4 is 23.1 Å². The van der Waals surface area contributed by atoms with Crippen molar-refractivity contribution in [3.8, 4) is 0 Å². The average Bonchev–Trinajstić information content (AvgIpc) is 2.81. The van der Waals surface area contributed by atoms with Gasteiger partial charge in [-0.15, -0.1) is 5.10 Å². The van der Waals surface area contributed by atoms with Crippen LogP contribution in [0.4, 0.5) is 11.4 Å². The van der Waals surface area contributed by atoms with Gasteiger partial charge in [0.25, 0.3) is 5.69 Å². The smallest absolute Gasteiger partial charge is 0.292 e.